The first-order chi connectivity index (χ1) is 35.2. The highest BCUT2D eigenvalue weighted by molar-refractivity contribution is 6.05. The Labute approximate surface area is 414 Å². The average Bonchev–Trinajstić information content (AvgIpc) is 3.76. The zero-order chi connectivity index (χ0) is 47.1. The van der Waals surface area contributed by atoms with Crippen molar-refractivity contribution >= 4 is 10.8 Å². The van der Waals surface area contributed by atoms with E-state index in [9.17, 15) is 0 Å². The van der Waals surface area contributed by atoms with Crippen molar-refractivity contribution in [3.63, 3.8) is 0 Å². The van der Waals surface area contributed by atoms with Crippen molar-refractivity contribution in [2.75, 3.05) is 0 Å². The van der Waals surface area contributed by atoms with Gasteiger partial charge in [-0.05, 0) is 107 Å². The van der Waals surface area contributed by atoms with Gasteiger partial charge in [0.05, 0.1) is 16.8 Å². The number of benzene rings is 11. The summed E-state index contributed by atoms with van der Waals surface area (Å²) in [7, 11) is 0. The Hall–Kier alpha value is -9.24. The fourth-order valence-corrected chi connectivity index (χ4v) is 11.0. The minimum absolute atomic E-state index is 0.520. The van der Waals surface area contributed by atoms with E-state index in [1.54, 1.807) is 0 Å². The second-order valence-electron chi connectivity index (χ2n) is 18.4. The number of fused-ring (bicyclic) bond motifs is 4. The quantitative estimate of drug-likeness (QED) is 0.144. The molecule has 1 heterocycles. The second-order valence-corrected chi connectivity index (χ2v) is 18.4. The smallest absolute Gasteiger partial charge is 0.160 e. The largest absolute Gasteiger partial charge is 0.228 e. The van der Waals surface area contributed by atoms with Crippen molar-refractivity contribution < 1.29 is 0 Å². The Morgan fingerprint density at radius 3 is 1.11 bits per heavy atom. The molecule has 71 heavy (non-hydrogen) atoms. The summed E-state index contributed by atoms with van der Waals surface area (Å²) in [6.07, 6.45) is 0. The summed E-state index contributed by atoms with van der Waals surface area (Å²) in [4.78, 5) is 10.4. The molecule has 0 spiro atoms. The topological polar surface area (TPSA) is 25.8 Å². The van der Waals surface area contributed by atoms with Crippen LogP contribution in [0.3, 0.4) is 0 Å². The Morgan fingerprint density at radius 1 is 0.225 bits per heavy atom. The van der Waals surface area contributed by atoms with E-state index in [-0.39, 0.29) is 0 Å². The normalized spacial score (nSPS) is 12.3. The van der Waals surface area contributed by atoms with Crippen LogP contribution in [0.5, 0.6) is 0 Å². The first-order valence-electron chi connectivity index (χ1n) is 24.4. The third-order valence-electron chi connectivity index (χ3n) is 14.4. The summed E-state index contributed by atoms with van der Waals surface area (Å²) in [5, 5.41) is 2.32. The molecule has 0 amide bonds. The van der Waals surface area contributed by atoms with Gasteiger partial charge in [-0.25, -0.2) is 9.97 Å². The molecule has 0 N–H and O–H groups in total. The number of aromatic nitrogens is 2. The highest BCUT2D eigenvalue weighted by Gasteiger charge is 2.46. The van der Waals surface area contributed by atoms with Crippen LogP contribution in [0.4, 0.5) is 0 Å². The van der Waals surface area contributed by atoms with Crippen molar-refractivity contribution in [1.82, 2.24) is 9.97 Å². The minimum Gasteiger partial charge on any atom is -0.228 e. The molecule has 11 aromatic carbocycles. The molecule has 1 aromatic heterocycles. The molecule has 2 heteroatoms. The van der Waals surface area contributed by atoms with Crippen LogP contribution in [0.2, 0.25) is 0 Å². The zero-order valence-electron chi connectivity index (χ0n) is 39.0. The lowest BCUT2D eigenvalue weighted by molar-refractivity contribution is 0.769. The van der Waals surface area contributed by atoms with Crippen molar-refractivity contribution in [3.05, 3.63) is 301 Å². The minimum atomic E-state index is -0.520. The monoisotopic (exact) mass is 902 g/mol. The lowest BCUT2D eigenvalue weighted by Crippen LogP contribution is -2.28. The van der Waals surface area contributed by atoms with E-state index in [1.165, 1.54) is 77.7 Å². The molecule has 0 saturated heterocycles. The fourth-order valence-electron chi connectivity index (χ4n) is 11.0. The third-order valence-corrected chi connectivity index (χ3v) is 14.4. The molecule has 0 unspecified atom stereocenters. The Kier molecular flexibility index (Phi) is 10.4. The zero-order valence-corrected chi connectivity index (χ0v) is 39.0. The molecule has 0 fully saturated rings. The standard InChI is InChI=1S/C69H46N2/c1-6-18-47(19-7-1)49-32-36-52(37-33-49)66-46-67(71-68(70-66)53-22-10-3-11-23-53)63-43-42-58(59-28-16-17-29-60(59)63)51-34-30-50(31-35-51)55-39-41-62-61-40-38-54(48-20-8-2-9-21-48)44-64(61)69(65(62)45-55,56-24-12-4-13-25-56)57-26-14-5-15-27-57/h1-46H. The van der Waals surface area contributed by atoms with Crippen molar-refractivity contribution in [2.24, 2.45) is 0 Å². The number of nitrogens with zero attached hydrogens (tertiary/aromatic N) is 2. The van der Waals surface area contributed by atoms with Gasteiger partial charge in [-0.2, -0.15) is 0 Å². The summed E-state index contributed by atoms with van der Waals surface area (Å²) in [5.41, 5.74) is 21.5. The van der Waals surface area contributed by atoms with Crippen molar-refractivity contribution in [3.8, 4) is 89.5 Å². The molecule has 332 valence electrons. The molecular formula is C69H46N2. The van der Waals surface area contributed by atoms with Gasteiger partial charge in [0.1, 0.15) is 0 Å². The van der Waals surface area contributed by atoms with Crippen LogP contribution in [0, 0.1) is 0 Å². The van der Waals surface area contributed by atoms with Crippen LogP contribution >= 0.6 is 0 Å². The molecule has 1 aliphatic rings. The maximum absolute atomic E-state index is 5.26. The van der Waals surface area contributed by atoms with Crippen LogP contribution in [-0.2, 0) is 5.41 Å². The van der Waals surface area contributed by atoms with E-state index < -0.39 is 5.41 Å². The van der Waals surface area contributed by atoms with Crippen LogP contribution in [-0.4, -0.2) is 9.97 Å². The molecule has 13 rings (SSSR count). The van der Waals surface area contributed by atoms with Crippen LogP contribution in [0.25, 0.3) is 100 Å². The van der Waals surface area contributed by atoms with E-state index in [0.717, 1.165) is 39.0 Å². The summed E-state index contributed by atoms with van der Waals surface area (Å²) in [5.74, 6) is 0.700. The van der Waals surface area contributed by atoms with Gasteiger partial charge in [-0.15, -0.1) is 0 Å². The maximum Gasteiger partial charge on any atom is 0.160 e. The number of hydrogen-bond donors (Lipinski definition) is 0. The van der Waals surface area contributed by atoms with Crippen LogP contribution in [0.15, 0.2) is 279 Å². The van der Waals surface area contributed by atoms with Crippen molar-refractivity contribution in [2.45, 2.75) is 5.41 Å². The van der Waals surface area contributed by atoms with Gasteiger partial charge in [0.2, 0.25) is 0 Å². The van der Waals surface area contributed by atoms with Gasteiger partial charge in [0.25, 0.3) is 0 Å². The lowest BCUT2D eigenvalue weighted by Gasteiger charge is -2.34. The molecule has 2 nitrogen and oxygen atoms in total. The fraction of sp³-hybridized carbons (Fsp3) is 0.0145. The van der Waals surface area contributed by atoms with Gasteiger partial charge in [0.15, 0.2) is 5.82 Å². The van der Waals surface area contributed by atoms with Gasteiger partial charge >= 0.3 is 0 Å². The van der Waals surface area contributed by atoms with Gasteiger partial charge in [-0.1, -0.05) is 261 Å². The molecule has 1 aliphatic carbocycles. The van der Waals surface area contributed by atoms with Gasteiger partial charge in [0, 0.05) is 16.7 Å². The molecule has 0 atom stereocenters. The molecule has 0 saturated carbocycles. The summed E-state index contributed by atoms with van der Waals surface area (Å²) >= 11 is 0. The summed E-state index contributed by atoms with van der Waals surface area (Å²) < 4.78 is 0. The first kappa shape index (κ1) is 41.9. The van der Waals surface area contributed by atoms with E-state index in [0.29, 0.717) is 5.82 Å². The van der Waals surface area contributed by atoms with Gasteiger partial charge < -0.3 is 0 Å². The SMILES string of the molecule is c1ccc(-c2ccc(-c3cc(-c4ccc(-c5ccc(-c6ccc7c(c6)C(c6ccccc6)(c6ccccc6)c6cc(-c8ccccc8)ccc6-7)cc5)c5ccccc45)nc(-c4ccccc4)n3)cc2)cc1. The summed E-state index contributed by atoms with van der Waals surface area (Å²) in [6, 6.07) is 101. The molecule has 12 aromatic rings. The average molecular weight is 903 g/mol. The number of hydrogen-bond acceptors (Lipinski definition) is 2. The Balaban J connectivity index is 0.893. The molecule has 0 radical (unpaired) electrons. The highest BCUT2D eigenvalue weighted by Crippen LogP contribution is 2.57. The van der Waals surface area contributed by atoms with Crippen molar-refractivity contribution in [1.29, 1.82) is 0 Å². The van der Waals surface area contributed by atoms with E-state index >= 15 is 0 Å². The Bertz CT molecular complexity index is 3830. The van der Waals surface area contributed by atoms with Crippen LogP contribution in [0.1, 0.15) is 22.3 Å². The first-order valence-corrected chi connectivity index (χ1v) is 24.4. The van der Waals surface area contributed by atoms with E-state index in [2.05, 4.69) is 261 Å². The van der Waals surface area contributed by atoms with E-state index in [1.807, 2.05) is 18.2 Å². The lowest BCUT2D eigenvalue weighted by atomic mass is 9.67. The maximum atomic E-state index is 5.26. The molecule has 0 bridgehead atoms. The third kappa shape index (κ3) is 7.37. The Morgan fingerprint density at radius 2 is 0.577 bits per heavy atom. The number of rotatable bonds is 9. The highest BCUT2D eigenvalue weighted by atomic mass is 14.9. The predicted molar refractivity (Wildman–Crippen MR) is 295 cm³/mol. The van der Waals surface area contributed by atoms with Crippen LogP contribution < -0.4 is 0 Å². The second kappa shape index (κ2) is 17.7. The van der Waals surface area contributed by atoms with E-state index in [4.69, 9.17) is 9.97 Å². The summed E-state index contributed by atoms with van der Waals surface area (Å²) in [6.45, 7) is 0. The predicted octanol–water partition coefficient (Wildman–Crippen LogP) is 17.7. The molecule has 0 aliphatic heterocycles. The van der Waals surface area contributed by atoms with Gasteiger partial charge in [-0.3, -0.25) is 0 Å². The molecular weight excluding hydrogens is 857 g/mol.